The van der Waals surface area contributed by atoms with Crippen LogP contribution in [0, 0.1) is 0 Å². The number of amides is 1. The summed E-state index contributed by atoms with van der Waals surface area (Å²) in [5, 5.41) is 0.233. The molecule has 10 heteroatoms. The van der Waals surface area contributed by atoms with Crippen LogP contribution in [0.25, 0.3) is 0 Å². The highest BCUT2D eigenvalue weighted by Gasteiger charge is 2.36. The number of hydrogen-bond donors (Lipinski definition) is 1. The van der Waals surface area contributed by atoms with Crippen LogP contribution in [-0.4, -0.2) is 35.0 Å². The fourth-order valence-electron chi connectivity index (χ4n) is 2.57. The molecule has 1 amide bonds. The minimum absolute atomic E-state index is 0.0159. The molecule has 1 aliphatic heterocycles. The molecule has 2 aromatic carbocycles. The van der Waals surface area contributed by atoms with Gasteiger partial charge in [0.2, 0.25) is 5.91 Å². The number of carbonyl (C=O) groups is 1. The van der Waals surface area contributed by atoms with Gasteiger partial charge in [-0.25, -0.2) is 16.8 Å². The normalized spacial score (nSPS) is 16.3. The highest BCUT2D eigenvalue weighted by Crippen LogP contribution is 2.35. The van der Waals surface area contributed by atoms with Gasteiger partial charge in [-0.2, -0.15) is 0 Å². The van der Waals surface area contributed by atoms with Gasteiger partial charge in [0.15, 0.2) is 9.84 Å². The summed E-state index contributed by atoms with van der Waals surface area (Å²) < 4.78 is 51.4. The van der Waals surface area contributed by atoms with E-state index in [1.54, 1.807) is 0 Å². The van der Waals surface area contributed by atoms with Gasteiger partial charge < -0.3 is 5.73 Å². The molecular weight excluding hydrogens is 388 g/mol. The molecule has 0 aliphatic carbocycles. The standard InChI is InChI=1S/C15H13ClN2O5S2/c16-11-2-1-3-12(9-11)25(22,23)18-6-7-24(20,21)14-5-4-10(15(17)19)8-13(14)18/h1-5,8-9H,6-7H2,(H2,17,19). The summed E-state index contributed by atoms with van der Waals surface area (Å²) >= 11 is 5.86. The predicted octanol–water partition coefficient (Wildman–Crippen LogP) is 1.42. The molecule has 2 N–H and O–H groups in total. The van der Waals surface area contributed by atoms with Crippen LogP contribution in [0.1, 0.15) is 10.4 Å². The van der Waals surface area contributed by atoms with Gasteiger partial charge in [-0.15, -0.1) is 0 Å². The van der Waals surface area contributed by atoms with Crippen molar-refractivity contribution in [3.8, 4) is 0 Å². The first kappa shape index (κ1) is 17.7. The van der Waals surface area contributed by atoms with Crippen LogP contribution in [-0.2, 0) is 19.9 Å². The van der Waals surface area contributed by atoms with Crippen molar-refractivity contribution in [2.24, 2.45) is 5.73 Å². The lowest BCUT2D eigenvalue weighted by Gasteiger charge is -2.30. The summed E-state index contributed by atoms with van der Waals surface area (Å²) in [6, 6.07) is 9.28. The number of nitrogens with zero attached hydrogens (tertiary/aromatic N) is 1. The van der Waals surface area contributed by atoms with E-state index in [4.69, 9.17) is 17.3 Å². The molecule has 0 aromatic heterocycles. The molecule has 0 unspecified atom stereocenters. The number of hydrogen-bond acceptors (Lipinski definition) is 5. The van der Waals surface area contributed by atoms with Crippen molar-refractivity contribution >= 4 is 43.1 Å². The van der Waals surface area contributed by atoms with E-state index in [9.17, 15) is 21.6 Å². The molecule has 0 radical (unpaired) electrons. The summed E-state index contributed by atoms with van der Waals surface area (Å²) in [5.41, 5.74) is 5.15. The molecule has 2 aromatic rings. The summed E-state index contributed by atoms with van der Waals surface area (Å²) in [6.45, 7) is -0.271. The van der Waals surface area contributed by atoms with Crippen LogP contribution >= 0.6 is 11.6 Å². The van der Waals surface area contributed by atoms with E-state index in [1.165, 1.54) is 42.5 Å². The molecule has 0 fully saturated rings. The molecule has 1 heterocycles. The van der Waals surface area contributed by atoms with Gasteiger partial charge in [0.25, 0.3) is 10.0 Å². The topological polar surface area (TPSA) is 115 Å². The van der Waals surface area contributed by atoms with Crippen LogP contribution in [0.2, 0.25) is 5.02 Å². The quantitative estimate of drug-likeness (QED) is 0.836. The van der Waals surface area contributed by atoms with E-state index in [0.29, 0.717) is 0 Å². The third kappa shape index (κ3) is 3.10. The van der Waals surface area contributed by atoms with Crippen LogP contribution in [0.15, 0.2) is 52.3 Å². The second-order valence-corrected chi connectivity index (χ2v) is 9.78. The smallest absolute Gasteiger partial charge is 0.264 e. The van der Waals surface area contributed by atoms with Gasteiger partial charge in [0.1, 0.15) is 0 Å². The van der Waals surface area contributed by atoms with Crippen molar-refractivity contribution in [1.82, 2.24) is 0 Å². The fraction of sp³-hybridized carbons (Fsp3) is 0.133. The van der Waals surface area contributed by atoms with E-state index >= 15 is 0 Å². The van der Waals surface area contributed by atoms with Gasteiger partial charge in [0.05, 0.1) is 21.2 Å². The third-order valence-corrected chi connectivity index (χ3v) is 7.57. The van der Waals surface area contributed by atoms with Gasteiger partial charge in [0, 0.05) is 17.1 Å². The molecule has 25 heavy (non-hydrogen) atoms. The third-order valence-electron chi connectivity index (χ3n) is 3.79. The van der Waals surface area contributed by atoms with Crippen molar-refractivity contribution in [2.75, 3.05) is 16.6 Å². The van der Waals surface area contributed by atoms with E-state index < -0.39 is 25.8 Å². The van der Waals surface area contributed by atoms with Gasteiger partial charge in [-0.3, -0.25) is 9.10 Å². The zero-order valence-corrected chi connectivity index (χ0v) is 15.1. The Bertz CT molecular complexity index is 1080. The number of benzene rings is 2. The number of sulfone groups is 1. The molecule has 7 nitrogen and oxygen atoms in total. The zero-order chi connectivity index (χ0) is 18.4. The Hall–Kier alpha value is -2.10. The highest BCUT2D eigenvalue weighted by molar-refractivity contribution is 7.94. The van der Waals surface area contributed by atoms with Gasteiger partial charge in [-0.05, 0) is 36.4 Å². The molecule has 0 saturated heterocycles. The van der Waals surface area contributed by atoms with Crippen molar-refractivity contribution in [1.29, 1.82) is 0 Å². The number of nitrogens with two attached hydrogens (primary N) is 1. The minimum atomic E-state index is -4.06. The maximum atomic E-state index is 13.0. The number of halogens is 1. The van der Waals surface area contributed by atoms with E-state index in [2.05, 4.69) is 0 Å². The van der Waals surface area contributed by atoms with E-state index in [0.717, 1.165) is 4.31 Å². The molecule has 3 rings (SSSR count). The Labute approximate surface area is 150 Å². The average molecular weight is 401 g/mol. The van der Waals surface area contributed by atoms with Crippen LogP contribution in [0.5, 0.6) is 0 Å². The summed E-state index contributed by atoms with van der Waals surface area (Å²) in [4.78, 5) is 11.2. The second-order valence-electron chi connectivity index (χ2n) is 5.40. The van der Waals surface area contributed by atoms with Crippen molar-refractivity contribution < 1.29 is 21.6 Å². The molecule has 0 spiro atoms. The summed E-state index contributed by atoms with van der Waals surface area (Å²) in [7, 11) is -7.71. The first-order valence-corrected chi connectivity index (χ1v) is 10.5. The molecule has 1 aliphatic rings. The lowest BCUT2D eigenvalue weighted by Crippen LogP contribution is -2.40. The molecule has 0 bridgehead atoms. The maximum absolute atomic E-state index is 13.0. The fourth-order valence-corrected chi connectivity index (χ4v) is 5.92. The number of sulfonamides is 1. The van der Waals surface area contributed by atoms with Crippen molar-refractivity contribution in [3.05, 3.63) is 53.1 Å². The Kier molecular flexibility index (Phi) is 4.26. The number of primary amides is 1. The first-order chi connectivity index (χ1) is 11.6. The monoisotopic (exact) mass is 400 g/mol. The average Bonchev–Trinajstić information content (AvgIpc) is 2.54. The summed E-state index contributed by atoms with van der Waals surface area (Å²) in [6.07, 6.45) is 0. The van der Waals surface area contributed by atoms with Crippen LogP contribution in [0.4, 0.5) is 5.69 Å². The van der Waals surface area contributed by atoms with Gasteiger partial charge >= 0.3 is 0 Å². The largest absolute Gasteiger partial charge is 0.366 e. The van der Waals surface area contributed by atoms with E-state index in [1.807, 2.05) is 0 Å². The molecular formula is C15H13ClN2O5S2. The van der Waals surface area contributed by atoms with E-state index in [-0.39, 0.29) is 38.4 Å². The van der Waals surface area contributed by atoms with Crippen LogP contribution < -0.4 is 10.0 Å². The predicted molar refractivity (Wildman–Crippen MR) is 93.0 cm³/mol. The number of rotatable bonds is 3. The summed E-state index contributed by atoms with van der Waals surface area (Å²) in [5.74, 6) is -1.15. The molecule has 0 atom stereocenters. The van der Waals surface area contributed by atoms with Gasteiger partial charge in [-0.1, -0.05) is 17.7 Å². The lowest BCUT2D eigenvalue weighted by atomic mass is 10.2. The van der Waals surface area contributed by atoms with Crippen molar-refractivity contribution in [3.63, 3.8) is 0 Å². The Balaban J connectivity index is 2.23. The number of carbonyl (C=O) groups excluding carboxylic acids is 1. The Morgan fingerprint density at radius 1 is 1.16 bits per heavy atom. The first-order valence-electron chi connectivity index (χ1n) is 7.08. The minimum Gasteiger partial charge on any atom is -0.366 e. The van der Waals surface area contributed by atoms with Crippen LogP contribution in [0.3, 0.4) is 0 Å². The van der Waals surface area contributed by atoms with Crippen molar-refractivity contribution in [2.45, 2.75) is 9.79 Å². The SMILES string of the molecule is NC(=O)c1ccc2c(c1)N(S(=O)(=O)c1cccc(Cl)c1)CCS2(=O)=O. The Morgan fingerprint density at radius 3 is 2.52 bits per heavy atom. The second kappa shape index (κ2) is 6.01. The number of anilines is 1. The molecule has 0 saturated carbocycles. The highest BCUT2D eigenvalue weighted by atomic mass is 35.5. The molecule has 132 valence electrons. The lowest BCUT2D eigenvalue weighted by molar-refractivity contribution is 0.1000. The zero-order valence-electron chi connectivity index (χ0n) is 12.7. The number of fused-ring (bicyclic) bond motifs is 1. The Morgan fingerprint density at radius 2 is 1.88 bits per heavy atom. The maximum Gasteiger partial charge on any atom is 0.264 e.